The van der Waals surface area contributed by atoms with Crippen molar-refractivity contribution in [3.05, 3.63) is 60.8 Å². The topological polar surface area (TPSA) is 71.5 Å². The van der Waals surface area contributed by atoms with Crippen LogP contribution in [0.25, 0.3) is 10.9 Å². The summed E-state index contributed by atoms with van der Waals surface area (Å²) in [6.07, 6.45) is 1.05. The molecule has 0 fully saturated rings. The number of carbonyl (C=O) groups is 2. The van der Waals surface area contributed by atoms with E-state index in [1.807, 2.05) is 36.4 Å². The van der Waals surface area contributed by atoms with Crippen molar-refractivity contribution in [3.63, 3.8) is 0 Å². The molecule has 0 bridgehead atoms. The number of ether oxygens (including phenoxy) is 1. The highest BCUT2D eigenvalue weighted by Crippen LogP contribution is 2.33. The molecule has 0 saturated carbocycles. The molecular formula is C20H17N3O3. The zero-order valence-electron chi connectivity index (χ0n) is 14.2. The van der Waals surface area contributed by atoms with Crippen molar-refractivity contribution >= 4 is 34.1 Å². The number of nitrogens with zero attached hydrogens (tertiary/aromatic N) is 2. The Morgan fingerprint density at radius 1 is 1.15 bits per heavy atom. The van der Waals surface area contributed by atoms with Gasteiger partial charge in [-0.2, -0.15) is 0 Å². The van der Waals surface area contributed by atoms with Crippen molar-refractivity contribution in [2.24, 2.45) is 0 Å². The number of fused-ring (bicyclic) bond motifs is 2. The summed E-state index contributed by atoms with van der Waals surface area (Å²) in [5, 5.41) is 3.80. The SMILES string of the molecule is CC1Oc2ccccc2N(CC(=O)Nc2cccc3cccnc23)C1=O. The average molecular weight is 347 g/mol. The van der Waals surface area contributed by atoms with E-state index in [4.69, 9.17) is 4.74 Å². The monoisotopic (exact) mass is 347 g/mol. The van der Waals surface area contributed by atoms with Crippen LogP contribution in [0.1, 0.15) is 6.92 Å². The molecule has 1 aliphatic rings. The fraction of sp³-hybridized carbons (Fsp3) is 0.150. The van der Waals surface area contributed by atoms with E-state index < -0.39 is 6.10 Å². The summed E-state index contributed by atoms with van der Waals surface area (Å²) >= 11 is 0. The Labute approximate surface area is 150 Å². The van der Waals surface area contributed by atoms with Gasteiger partial charge < -0.3 is 10.1 Å². The van der Waals surface area contributed by atoms with E-state index in [1.54, 1.807) is 31.3 Å². The lowest BCUT2D eigenvalue weighted by atomic mass is 10.1. The van der Waals surface area contributed by atoms with E-state index in [-0.39, 0.29) is 18.4 Å². The number of hydrogen-bond acceptors (Lipinski definition) is 4. The maximum Gasteiger partial charge on any atom is 0.268 e. The third kappa shape index (κ3) is 2.86. The molecule has 1 aliphatic heterocycles. The number of hydrogen-bond donors (Lipinski definition) is 1. The predicted molar refractivity (Wildman–Crippen MR) is 99.3 cm³/mol. The van der Waals surface area contributed by atoms with Gasteiger partial charge in [-0.05, 0) is 31.2 Å². The molecule has 0 aliphatic carbocycles. The van der Waals surface area contributed by atoms with Gasteiger partial charge in [0.1, 0.15) is 12.3 Å². The average Bonchev–Trinajstić information content (AvgIpc) is 2.66. The van der Waals surface area contributed by atoms with Gasteiger partial charge in [0.15, 0.2) is 6.10 Å². The molecule has 4 rings (SSSR count). The Bertz CT molecular complexity index is 997. The number of anilines is 2. The van der Waals surface area contributed by atoms with Crippen molar-refractivity contribution in [3.8, 4) is 5.75 Å². The van der Waals surface area contributed by atoms with Crippen molar-refractivity contribution < 1.29 is 14.3 Å². The van der Waals surface area contributed by atoms with Gasteiger partial charge in [0.05, 0.1) is 16.9 Å². The first-order valence-electron chi connectivity index (χ1n) is 8.34. The van der Waals surface area contributed by atoms with Crippen LogP contribution in [0.2, 0.25) is 0 Å². The normalized spacial score (nSPS) is 16.1. The standard InChI is InChI=1S/C20H17N3O3/c1-13-20(25)23(16-9-2-3-10-17(16)26-13)12-18(24)22-15-8-4-6-14-7-5-11-21-19(14)15/h2-11,13H,12H2,1H3,(H,22,24). The Morgan fingerprint density at radius 2 is 1.96 bits per heavy atom. The third-order valence-electron chi connectivity index (χ3n) is 4.28. The largest absolute Gasteiger partial charge is 0.479 e. The van der Waals surface area contributed by atoms with E-state index in [9.17, 15) is 9.59 Å². The highest BCUT2D eigenvalue weighted by molar-refractivity contribution is 6.08. The zero-order chi connectivity index (χ0) is 18.1. The van der Waals surface area contributed by atoms with Crippen molar-refractivity contribution in [1.29, 1.82) is 0 Å². The summed E-state index contributed by atoms with van der Waals surface area (Å²) in [6, 6.07) is 16.6. The maximum atomic E-state index is 12.6. The second-order valence-electron chi connectivity index (χ2n) is 6.08. The van der Waals surface area contributed by atoms with E-state index in [0.717, 1.165) is 5.39 Å². The molecule has 6 nitrogen and oxygen atoms in total. The Hall–Kier alpha value is -3.41. The molecule has 1 atom stereocenters. The van der Waals surface area contributed by atoms with Crippen LogP contribution in [0.4, 0.5) is 11.4 Å². The van der Waals surface area contributed by atoms with Crippen LogP contribution in [0.5, 0.6) is 5.75 Å². The van der Waals surface area contributed by atoms with Gasteiger partial charge in [-0.3, -0.25) is 19.5 Å². The van der Waals surface area contributed by atoms with Crippen molar-refractivity contribution in [2.75, 3.05) is 16.8 Å². The molecule has 0 radical (unpaired) electrons. The van der Waals surface area contributed by atoms with Gasteiger partial charge in [-0.1, -0.05) is 30.3 Å². The molecule has 6 heteroatoms. The molecule has 0 spiro atoms. The van der Waals surface area contributed by atoms with Gasteiger partial charge in [0, 0.05) is 11.6 Å². The molecule has 1 unspecified atom stereocenters. The number of para-hydroxylation sites is 3. The third-order valence-corrected chi connectivity index (χ3v) is 4.28. The number of nitrogens with one attached hydrogen (secondary N) is 1. The van der Waals surface area contributed by atoms with E-state index >= 15 is 0 Å². The van der Waals surface area contributed by atoms with Gasteiger partial charge in [0.25, 0.3) is 5.91 Å². The maximum absolute atomic E-state index is 12.6. The van der Waals surface area contributed by atoms with Crippen molar-refractivity contribution in [2.45, 2.75) is 13.0 Å². The van der Waals surface area contributed by atoms with Gasteiger partial charge in [0.2, 0.25) is 5.91 Å². The first-order valence-corrected chi connectivity index (χ1v) is 8.34. The number of aromatic nitrogens is 1. The lowest BCUT2D eigenvalue weighted by molar-refractivity contribution is -0.127. The van der Waals surface area contributed by atoms with Crippen LogP contribution in [0, 0.1) is 0 Å². The highest BCUT2D eigenvalue weighted by atomic mass is 16.5. The van der Waals surface area contributed by atoms with Gasteiger partial charge >= 0.3 is 0 Å². The lowest BCUT2D eigenvalue weighted by Gasteiger charge is -2.32. The van der Waals surface area contributed by atoms with Crippen LogP contribution in [0.3, 0.4) is 0 Å². The molecule has 0 saturated heterocycles. The second-order valence-corrected chi connectivity index (χ2v) is 6.08. The number of amides is 2. The van der Waals surface area contributed by atoms with Crippen LogP contribution >= 0.6 is 0 Å². The summed E-state index contributed by atoms with van der Waals surface area (Å²) in [5.74, 6) is 0.0644. The van der Waals surface area contributed by atoms with Crippen molar-refractivity contribution in [1.82, 2.24) is 4.98 Å². The van der Waals surface area contributed by atoms with Gasteiger partial charge in [-0.15, -0.1) is 0 Å². The van der Waals surface area contributed by atoms with Crippen LogP contribution in [0.15, 0.2) is 60.8 Å². The Morgan fingerprint density at radius 3 is 2.85 bits per heavy atom. The second kappa shape index (κ2) is 6.48. The predicted octanol–water partition coefficient (Wildman–Crippen LogP) is 2.99. The Kier molecular flexibility index (Phi) is 4.01. The molecule has 1 aromatic heterocycles. The summed E-state index contributed by atoms with van der Waals surface area (Å²) in [5.41, 5.74) is 1.93. The first kappa shape index (κ1) is 16.1. The number of benzene rings is 2. The summed E-state index contributed by atoms with van der Waals surface area (Å²) < 4.78 is 5.60. The summed E-state index contributed by atoms with van der Waals surface area (Å²) in [7, 11) is 0. The number of rotatable bonds is 3. The molecule has 1 N–H and O–H groups in total. The zero-order valence-corrected chi connectivity index (χ0v) is 14.2. The number of carbonyl (C=O) groups excluding carboxylic acids is 2. The molecule has 3 aromatic rings. The van der Waals surface area contributed by atoms with E-state index in [1.165, 1.54) is 4.90 Å². The molecule has 2 heterocycles. The quantitative estimate of drug-likeness (QED) is 0.791. The molecule has 2 amide bonds. The summed E-state index contributed by atoms with van der Waals surface area (Å²) in [6.45, 7) is 1.59. The van der Waals surface area contributed by atoms with Crippen LogP contribution in [-0.2, 0) is 9.59 Å². The molecule has 130 valence electrons. The number of pyridine rings is 1. The van der Waals surface area contributed by atoms with E-state index in [2.05, 4.69) is 10.3 Å². The van der Waals surface area contributed by atoms with Crippen LogP contribution in [-0.4, -0.2) is 29.4 Å². The molecular weight excluding hydrogens is 330 g/mol. The molecule has 2 aromatic carbocycles. The minimum Gasteiger partial charge on any atom is -0.479 e. The lowest BCUT2D eigenvalue weighted by Crippen LogP contribution is -2.47. The smallest absolute Gasteiger partial charge is 0.268 e. The fourth-order valence-electron chi connectivity index (χ4n) is 3.06. The highest BCUT2D eigenvalue weighted by Gasteiger charge is 2.32. The summed E-state index contributed by atoms with van der Waals surface area (Å²) in [4.78, 5) is 30.9. The van der Waals surface area contributed by atoms with Crippen LogP contribution < -0.4 is 15.0 Å². The van der Waals surface area contributed by atoms with E-state index in [0.29, 0.717) is 22.6 Å². The minimum atomic E-state index is -0.628. The Balaban J connectivity index is 1.59. The minimum absolute atomic E-state index is 0.0905. The fourth-order valence-corrected chi connectivity index (χ4v) is 3.06. The first-order chi connectivity index (χ1) is 12.6. The molecule has 26 heavy (non-hydrogen) atoms. The van der Waals surface area contributed by atoms with Gasteiger partial charge in [-0.25, -0.2) is 0 Å².